The Morgan fingerprint density at radius 2 is 1.71 bits per heavy atom. The third-order valence-electron chi connectivity index (χ3n) is 2.57. The monoisotopic (exact) mass is 359 g/mol. The summed E-state index contributed by atoms with van der Waals surface area (Å²) in [4.78, 5) is 4.41. The van der Waals surface area contributed by atoms with Crippen LogP contribution in [0.5, 0.6) is 0 Å². The molecule has 0 aromatic rings. The van der Waals surface area contributed by atoms with Gasteiger partial charge in [0.2, 0.25) is 0 Å². The summed E-state index contributed by atoms with van der Waals surface area (Å²) in [6, 6.07) is 0.261. The largest absolute Gasteiger partial charge is 0.384 e. The molecule has 0 spiro atoms. The Hall–Kier alpha value is 1.15. The van der Waals surface area contributed by atoms with Crippen molar-refractivity contribution < 1.29 is 52.0 Å². The topological polar surface area (TPSA) is 32.6 Å². The van der Waals surface area contributed by atoms with Crippen LogP contribution in [0.25, 0.3) is 0 Å². The van der Waals surface area contributed by atoms with Gasteiger partial charge >= 0.3 is 0 Å². The zero-order chi connectivity index (χ0) is 10.6. The van der Waals surface area contributed by atoms with E-state index in [0.29, 0.717) is 0 Å². The van der Waals surface area contributed by atoms with E-state index in [2.05, 4.69) is 4.99 Å². The van der Waals surface area contributed by atoms with E-state index in [-0.39, 0.29) is 58.9 Å². The van der Waals surface area contributed by atoms with Gasteiger partial charge in [-0.3, -0.25) is 4.99 Å². The number of rotatable bonds is 4. The van der Waals surface area contributed by atoms with Crippen molar-refractivity contribution in [1.82, 2.24) is 0 Å². The van der Waals surface area contributed by atoms with E-state index >= 15 is 0 Å². The molecule has 0 bridgehead atoms. The summed E-state index contributed by atoms with van der Waals surface area (Å²) in [5.74, 6) is 0.222. The van der Waals surface area contributed by atoms with Gasteiger partial charge in [-0.15, -0.1) is 0 Å². The normalized spacial score (nSPS) is 16.8. The minimum absolute atomic E-state index is 0. The van der Waals surface area contributed by atoms with Crippen molar-refractivity contribution in [3.63, 3.8) is 0 Å². The molecule has 0 aliphatic carbocycles. The molecule has 0 saturated heterocycles. The molecule has 2 nitrogen and oxygen atoms in total. The maximum atomic E-state index is 10.3. The van der Waals surface area contributed by atoms with E-state index in [9.17, 15) is 5.11 Å². The first-order valence-electron chi connectivity index (χ1n) is 5.11. The Morgan fingerprint density at radius 3 is 1.93 bits per heavy atom. The maximum Gasteiger partial charge on any atom is 0.104 e. The van der Waals surface area contributed by atoms with E-state index in [1.807, 2.05) is 41.5 Å². The third-order valence-corrected chi connectivity index (χ3v) is 2.57. The fraction of sp³-hybridized carbons (Fsp3) is 0.909. The van der Waals surface area contributed by atoms with Crippen molar-refractivity contribution in [3.8, 4) is 0 Å². The van der Waals surface area contributed by atoms with Crippen LogP contribution in [0.15, 0.2) is 4.99 Å². The summed E-state index contributed by atoms with van der Waals surface area (Å²) in [5, 5.41) is 10.3. The van der Waals surface area contributed by atoms with Crippen molar-refractivity contribution in [2.75, 3.05) is 0 Å². The van der Waals surface area contributed by atoms with E-state index < -0.39 is 5.60 Å². The first kappa shape index (κ1) is 17.5. The summed E-state index contributed by atoms with van der Waals surface area (Å²) < 4.78 is 0. The van der Waals surface area contributed by atoms with Crippen LogP contribution in [0.3, 0.4) is 0 Å². The van der Waals surface area contributed by atoms with Crippen LogP contribution in [-0.2, 0) is 0 Å². The van der Waals surface area contributed by atoms with Gasteiger partial charge in [0.1, 0.15) is 5.60 Å². The van der Waals surface area contributed by atoms with Crippen molar-refractivity contribution >= 4 is 5.71 Å². The van der Waals surface area contributed by atoms with Gasteiger partial charge in [-0.05, 0) is 33.1 Å². The quantitative estimate of drug-likeness (QED) is 0.770. The molecule has 0 saturated carbocycles. The minimum atomic E-state index is -0.718. The number of hydrogen-bond acceptors (Lipinski definition) is 2. The fourth-order valence-electron chi connectivity index (χ4n) is 1.58. The first-order valence-corrected chi connectivity index (χ1v) is 5.11. The summed E-state index contributed by atoms with van der Waals surface area (Å²) in [5.41, 5.74) is 0.143. The smallest absolute Gasteiger partial charge is 0.104 e. The number of aliphatic hydroxyl groups is 1. The zero-order valence-electron chi connectivity index (χ0n) is 10.0. The molecule has 14 heavy (non-hydrogen) atoms. The standard InChI is InChI=1S/C11H23NO.Yb/c1-7-11(13,8(2)3)10(6)12-9(4)5;/h8-9,13H,7H2,1-6H3;. The van der Waals surface area contributed by atoms with Gasteiger partial charge in [-0.2, -0.15) is 0 Å². The molecule has 92 valence electrons. The van der Waals surface area contributed by atoms with Gasteiger partial charge in [0.25, 0.3) is 0 Å². The molecule has 3 heteroatoms. The van der Waals surface area contributed by atoms with E-state index in [4.69, 9.17) is 0 Å². The molecule has 0 aliphatic rings. The van der Waals surface area contributed by atoms with Gasteiger partial charge in [0.15, 0.2) is 0 Å². The maximum absolute atomic E-state index is 10.3. The van der Waals surface area contributed by atoms with E-state index in [0.717, 1.165) is 12.1 Å². The predicted molar refractivity (Wildman–Crippen MR) is 58.3 cm³/mol. The summed E-state index contributed by atoms with van der Waals surface area (Å²) in [6.07, 6.45) is 0.729. The average Bonchev–Trinajstić information content (AvgIpc) is 2.01. The molecule has 0 aromatic heterocycles. The Labute approximate surface area is 127 Å². The van der Waals surface area contributed by atoms with Crippen LogP contribution >= 0.6 is 0 Å². The van der Waals surface area contributed by atoms with E-state index in [1.54, 1.807) is 0 Å². The van der Waals surface area contributed by atoms with Crippen molar-refractivity contribution in [2.24, 2.45) is 10.9 Å². The van der Waals surface area contributed by atoms with Crippen LogP contribution in [-0.4, -0.2) is 22.5 Å². The molecule has 1 N–H and O–H groups in total. The molecular formula is C11H23NOYb. The summed E-state index contributed by atoms with van der Waals surface area (Å²) in [6.45, 7) is 12.0. The van der Waals surface area contributed by atoms with Gasteiger partial charge in [0.05, 0.1) is 0 Å². The predicted octanol–water partition coefficient (Wildman–Crippen LogP) is 2.65. The summed E-state index contributed by atoms with van der Waals surface area (Å²) in [7, 11) is 0. The Balaban J connectivity index is 0. The second-order valence-corrected chi connectivity index (χ2v) is 4.24. The molecule has 1 unspecified atom stereocenters. The molecular weight excluding hydrogens is 335 g/mol. The summed E-state index contributed by atoms with van der Waals surface area (Å²) >= 11 is 0. The van der Waals surface area contributed by atoms with Crippen molar-refractivity contribution in [3.05, 3.63) is 0 Å². The van der Waals surface area contributed by atoms with Crippen LogP contribution in [0.4, 0.5) is 0 Å². The third kappa shape index (κ3) is 4.78. The molecule has 0 heterocycles. The molecule has 0 radical (unpaired) electrons. The number of hydrogen-bond donors (Lipinski definition) is 1. The van der Waals surface area contributed by atoms with Gasteiger partial charge in [-0.1, -0.05) is 20.8 Å². The fourth-order valence-corrected chi connectivity index (χ4v) is 1.58. The molecule has 0 aliphatic heterocycles. The molecule has 0 aromatic carbocycles. The number of aliphatic imine (C=N–C) groups is 1. The van der Waals surface area contributed by atoms with Crippen molar-refractivity contribution in [1.29, 1.82) is 0 Å². The van der Waals surface area contributed by atoms with Crippen LogP contribution in [0, 0.1) is 52.8 Å². The van der Waals surface area contributed by atoms with Gasteiger partial charge in [-0.25, -0.2) is 0 Å². The van der Waals surface area contributed by atoms with Crippen molar-refractivity contribution in [2.45, 2.75) is 59.6 Å². The average molecular weight is 358 g/mol. The Kier molecular flexibility index (Phi) is 9.31. The second-order valence-electron chi connectivity index (χ2n) is 4.24. The van der Waals surface area contributed by atoms with Crippen LogP contribution in [0.1, 0.15) is 48.0 Å². The second kappa shape index (κ2) is 7.43. The number of nitrogens with zero attached hydrogens (tertiary/aromatic N) is 1. The Morgan fingerprint density at radius 1 is 1.29 bits per heavy atom. The van der Waals surface area contributed by atoms with E-state index in [1.165, 1.54) is 0 Å². The SMILES string of the molecule is CCC(O)(C(C)=NC(C)C)C(C)C.[Yb]. The van der Waals surface area contributed by atoms with Gasteiger partial charge < -0.3 is 5.11 Å². The first-order chi connectivity index (χ1) is 5.84. The molecule has 0 rings (SSSR count). The Bertz CT molecular complexity index is 190. The minimum Gasteiger partial charge on any atom is -0.384 e. The zero-order valence-corrected chi connectivity index (χ0v) is 11.7. The van der Waals surface area contributed by atoms with Crippen LogP contribution < -0.4 is 0 Å². The molecule has 1 atom stereocenters. The van der Waals surface area contributed by atoms with Gasteiger partial charge in [0, 0.05) is 58.7 Å². The molecule has 0 amide bonds. The van der Waals surface area contributed by atoms with Crippen LogP contribution in [0.2, 0.25) is 0 Å². The molecule has 0 fully saturated rings.